The highest BCUT2D eigenvalue weighted by Crippen LogP contribution is 2.27. The number of carbonyl (C=O) groups is 2. The maximum Gasteiger partial charge on any atom is 0.257 e. The summed E-state index contributed by atoms with van der Waals surface area (Å²) in [5.41, 5.74) is 4.23. The van der Waals surface area contributed by atoms with Gasteiger partial charge in [-0.25, -0.2) is 0 Å². The normalized spacial score (nSPS) is 13.6. The molecule has 0 radical (unpaired) electrons. The Morgan fingerprint density at radius 1 is 0.893 bits per heavy atom. The van der Waals surface area contributed by atoms with Gasteiger partial charge in [-0.1, -0.05) is 60.7 Å². The number of amides is 2. The van der Waals surface area contributed by atoms with Crippen LogP contribution in [0.5, 0.6) is 0 Å². The number of hydrogen-bond acceptors (Lipinski definition) is 2. The lowest BCUT2D eigenvalue weighted by Gasteiger charge is -2.20. The second-order valence-electron chi connectivity index (χ2n) is 6.94. The van der Waals surface area contributed by atoms with Gasteiger partial charge in [0, 0.05) is 18.7 Å². The zero-order valence-electron chi connectivity index (χ0n) is 15.6. The minimum absolute atomic E-state index is 0.0738. The van der Waals surface area contributed by atoms with Gasteiger partial charge in [0.05, 0.1) is 11.3 Å². The molecule has 3 aromatic carbocycles. The van der Waals surface area contributed by atoms with Gasteiger partial charge in [0.15, 0.2) is 0 Å². The number of carbonyl (C=O) groups excluding carboxylic acids is 2. The van der Waals surface area contributed by atoms with Crippen LogP contribution in [0.25, 0.3) is 0 Å². The average Bonchev–Trinajstić information content (AvgIpc) is 3.16. The predicted octanol–water partition coefficient (Wildman–Crippen LogP) is 4.66. The van der Waals surface area contributed by atoms with E-state index in [4.69, 9.17) is 0 Å². The number of anilines is 2. The van der Waals surface area contributed by atoms with Crippen LogP contribution in [0.3, 0.4) is 0 Å². The number of hydrogen-bond donors (Lipinski definition) is 1. The van der Waals surface area contributed by atoms with Crippen molar-refractivity contribution >= 4 is 23.2 Å². The van der Waals surface area contributed by atoms with Gasteiger partial charge in [0.1, 0.15) is 0 Å². The second kappa shape index (κ2) is 8.09. The summed E-state index contributed by atoms with van der Waals surface area (Å²) in [7, 11) is 0. The van der Waals surface area contributed by atoms with Crippen LogP contribution in [0, 0.1) is 0 Å². The molecule has 0 aromatic heterocycles. The molecule has 0 aliphatic carbocycles. The molecule has 1 aliphatic heterocycles. The molecule has 0 unspecified atom stereocenters. The molecule has 0 spiro atoms. The van der Waals surface area contributed by atoms with Crippen LogP contribution >= 0.6 is 0 Å². The zero-order valence-corrected chi connectivity index (χ0v) is 15.6. The minimum atomic E-state index is -0.198. The third kappa shape index (κ3) is 3.81. The second-order valence-corrected chi connectivity index (χ2v) is 6.94. The van der Waals surface area contributed by atoms with E-state index in [-0.39, 0.29) is 11.8 Å². The Labute approximate surface area is 164 Å². The Hall–Kier alpha value is -3.40. The molecular formula is C24H22N2O2. The van der Waals surface area contributed by atoms with Crippen LogP contribution in [-0.2, 0) is 11.2 Å². The highest BCUT2D eigenvalue weighted by atomic mass is 16.2. The standard InChI is InChI=1S/C24H22N2O2/c27-23-15-8-16-26(23)22-14-7-5-12-20(22)24(28)25-21-13-6-4-11-19(21)17-18-9-2-1-3-10-18/h1-7,9-14H,8,15-17H2,(H,25,28). The molecular weight excluding hydrogens is 348 g/mol. The molecule has 1 heterocycles. The Morgan fingerprint density at radius 3 is 2.39 bits per heavy atom. The predicted molar refractivity (Wildman–Crippen MR) is 112 cm³/mol. The van der Waals surface area contributed by atoms with Crippen molar-refractivity contribution < 1.29 is 9.59 Å². The van der Waals surface area contributed by atoms with E-state index in [0.29, 0.717) is 24.2 Å². The molecule has 4 rings (SSSR count). The van der Waals surface area contributed by atoms with Gasteiger partial charge in [-0.15, -0.1) is 0 Å². The first-order chi connectivity index (χ1) is 13.7. The molecule has 140 valence electrons. The number of benzene rings is 3. The highest BCUT2D eigenvalue weighted by molar-refractivity contribution is 6.11. The van der Waals surface area contributed by atoms with Crippen LogP contribution < -0.4 is 10.2 Å². The molecule has 1 saturated heterocycles. The molecule has 4 heteroatoms. The summed E-state index contributed by atoms with van der Waals surface area (Å²) >= 11 is 0. The smallest absolute Gasteiger partial charge is 0.257 e. The van der Waals surface area contributed by atoms with Crippen molar-refractivity contribution in [2.75, 3.05) is 16.8 Å². The van der Waals surface area contributed by atoms with Gasteiger partial charge < -0.3 is 10.2 Å². The van der Waals surface area contributed by atoms with Crippen LogP contribution in [0.1, 0.15) is 34.3 Å². The van der Waals surface area contributed by atoms with Crippen molar-refractivity contribution in [1.82, 2.24) is 0 Å². The summed E-state index contributed by atoms with van der Waals surface area (Å²) < 4.78 is 0. The summed E-state index contributed by atoms with van der Waals surface area (Å²) in [5.74, 6) is -0.125. The molecule has 0 saturated carbocycles. The monoisotopic (exact) mass is 370 g/mol. The quantitative estimate of drug-likeness (QED) is 0.710. The lowest BCUT2D eigenvalue weighted by atomic mass is 10.0. The van der Waals surface area contributed by atoms with Crippen LogP contribution in [0.4, 0.5) is 11.4 Å². The molecule has 2 amide bonds. The van der Waals surface area contributed by atoms with Crippen molar-refractivity contribution in [3.63, 3.8) is 0 Å². The van der Waals surface area contributed by atoms with Crippen molar-refractivity contribution in [2.45, 2.75) is 19.3 Å². The van der Waals surface area contributed by atoms with Crippen molar-refractivity contribution in [3.05, 3.63) is 95.6 Å². The third-order valence-corrected chi connectivity index (χ3v) is 5.02. The highest BCUT2D eigenvalue weighted by Gasteiger charge is 2.25. The summed E-state index contributed by atoms with van der Waals surface area (Å²) in [5, 5.41) is 3.05. The zero-order chi connectivity index (χ0) is 19.3. The molecule has 4 nitrogen and oxygen atoms in total. The lowest BCUT2D eigenvalue weighted by Crippen LogP contribution is -2.27. The third-order valence-electron chi connectivity index (χ3n) is 5.02. The largest absolute Gasteiger partial charge is 0.322 e. The number of rotatable bonds is 5. The Bertz CT molecular complexity index is 998. The first kappa shape index (κ1) is 18.0. The molecule has 28 heavy (non-hydrogen) atoms. The van der Waals surface area contributed by atoms with Crippen molar-refractivity contribution in [2.24, 2.45) is 0 Å². The molecule has 1 fully saturated rings. The Balaban J connectivity index is 1.59. The summed E-state index contributed by atoms with van der Waals surface area (Å²) in [6.07, 6.45) is 2.11. The fraction of sp³-hybridized carbons (Fsp3) is 0.167. The topological polar surface area (TPSA) is 49.4 Å². The molecule has 0 bridgehead atoms. The van der Waals surface area contributed by atoms with Gasteiger partial charge in [0.25, 0.3) is 5.91 Å². The number of nitrogens with one attached hydrogen (secondary N) is 1. The molecule has 0 atom stereocenters. The fourth-order valence-corrected chi connectivity index (χ4v) is 3.61. The van der Waals surface area contributed by atoms with Crippen molar-refractivity contribution in [3.8, 4) is 0 Å². The summed E-state index contributed by atoms with van der Waals surface area (Å²) in [6, 6.07) is 25.3. The maximum absolute atomic E-state index is 13.1. The van der Waals surface area contributed by atoms with Gasteiger partial charge in [-0.3, -0.25) is 9.59 Å². The Kier molecular flexibility index (Phi) is 5.20. The minimum Gasteiger partial charge on any atom is -0.322 e. The molecule has 1 aliphatic rings. The fourth-order valence-electron chi connectivity index (χ4n) is 3.61. The number of para-hydroxylation sites is 2. The van der Waals surface area contributed by atoms with Gasteiger partial charge in [0.2, 0.25) is 5.91 Å². The average molecular weight is 370 g/mol. The first-order valence-corrected chi connectivity index (χ1v) is 9.55. The Morgan fingerprint density at radius 2 is 1.61 bits per heavy atom. The molecule has 1 N–H and O–H groups in total. The SMILES string of the molecule is O=C(Nc1ccccc1Cc1ccccc1)c1ccccc1N1CCCC1=O. The number of nitrogens with zero attached hydrogens (tertiary/aromatic N) is 1. The van der Waals surface area contributed by atoms with Gasteiger partial charge in [-0.2, -0.15) is 0 Å². The van der Waals surface area contributed by atoms with E-state index in [2.05, 4.69) is 17.4 Å². The summed E-state index contributed by atoms with van der Waals surface area (Å²) in [4.78, 5) is 26.9. The van der Waals surface area contributed by atoms with E-state index in [1.807, 2.05) is 60.7 Å². The van der Waals surface area contributed by atoms with Crippen LogP contribution in [-0.4, -0.2) is 18.4 Å². The van der Waals surface area contributed by atoms with Gasteiger partial charge in [-0.05, 0) is 42.2 Å². The van der Waals surface area contributed by atoms with E-state index in [9.17, 15) is 9.59 Å². The summed E-state index contributed by atoms with van der Waals surface area (Å²) in [6.45, 7) is 0.660. The first-order valence-electron chi connectivity index (χ1n) is 9.55. The molecule has 3 aromatic rings. The van der Waals surface area contributed by atoms with Gasteiger partial charge >= 0.3 is 0 Å². The maximum atomic E-state index is 13.1. The van der Waals surface area contributed by atoms with Crippen LogP contribution in [0.15, 0.2) is 78.9 Å². The van der Waals surface area contributed by atoms with E-state index >= 15 is 0 Å². The van der Waals surface area contributed by atoms with E-state index < -0.39 is 0 Å². The van der Waals surface area contributed by atoms with E-state index in [1.54, 1.807) is 11.0 Å². The lowest BCUT2D eigenvalue weighted by molar-refractivity contribution is -0.117. The van der Waals surface area contributed by atoms with E-state index in [0.717, 1.165) is 24.1 Å². The van der Waals surface area contributed by atoms with Crippen molar-refractivity contribution in [1.29, 1.82) is 0 Å². The van der Waals surface area contributed by atoms with E-state index in [1.165, 1.54) is 5.56 Å². The van der Waals surface area contributed by atoms with Crippen LogP contribution in [0.2, 0.25) is 0 Å².